The third-order valence-electron chi connectivity index (χ3n) is 3.38. The highest BCUT2D eigenvalue weighted by atomic mass is 16.5. The lowest BCUT2D eigenvalue weighted by molar-refractivity contribution is -0.115. The van der Waals surface area contributed by atoms with Crippen LogP contribution in [-0.4, -0.2) is 30.9 Å². The molecule has 1 aromatic carbocycles. The van der Waals surface area contributed by atoms with Crippen LogP contribution in [0.2, 0.25) is 0 Å². The summed E-state index contributed by atoms with van der Waals surface area (Å²) in [5.74, 6) is 1.55. The van der Waals surface area contributed by atoms with E-state index in [4.69, 9.17) is 9.47 Å². The third-order valence-corrected chi connectivity index (χ3v) is 3.38. The molecular formula is C17H15N3O3. The van der Waals surface area contributed by atoms with Gasteiger partial charge in [-0.25, -0.2) is 4.99 Å². The molecule has 23 heavy (non-hydrogen) atoms. The molecule has 1 aliphatic heterocycles. The Hall–Kier alpha value is -3.15. The molecule has 0 saturated heterocycles. The SMILES string of the molecule is COc1ccc(/C=C2/N=C(c3ccncc3)NC2=O)c(OC)c1. The van der Waals surface area contributed by atoms with Crippen LogP contribution in [0.15, 0.2) is 53.4 Å². The molecule has 2 aromatic rings. The molecule has 0 atom stereocenters. The van der Waals surface area contributed by atoms with Gasteiger partial charge in [-0.3, -0.25) is 9.78 Å². The zero-order chi connectivity index (χ0) is 16.2. The lowest BCUT2D eigenvalue weighted by atomic mass is 10.1. The number of nitrogens with zero attached hydrogens (tertiary/aromatic N) is 2. The van der Waals surface area contributed by atoms with Gasteiger partial charge in [-0.05, 0) is 30.3 Å². The second-order valence-electron chi connectivity index (χ2n) is 4.79. The zero-order valence-corrected chi connectivity index (χ0v) is 12.7. The molecule has 0 saturated carbocycles. The first-order chi connectivity index (χ1) is 11.2. The van der Waals surface area contributed by atoms with Gasteiger partial charge in [0.2, 0.25) is 0 Å². The fraction of sp³-hybridized carbons (Fsp3) is 0.118. The average molecular weight is 309 g/mol. The van der Waals surface area contributed by atoms with E-state index in [9.17, 15) is 4.79 Å². The maximum atomic E-state index is 12.1. The van der Waals surface area contributed by atoms with Crippen molar-refractivity contribution < 1.29 is 14.3 Å². The van der Waals surface area contributed by atoms with E-state index in [0.29, 0.717) is 23.0 Å². The molecule has 1 N–H and O–H groups in total. The number of hydrogen-bond donors (Lipinski definition) is 1. The molecule has 2 heterocycles. The van der Waals surface area contributed by atoms with Crippen LogP contribution in [0.25, 0.3) is 6.08 Å². The van der Waals surface area contributed by atoms with Crippen LogP contribution in [0.3, 0.4) is 0 Å². The summed E-state index contributed by atoms with van der Waals surface area (Å²) in [5.41, 5.74) is 1.87. The van der Waals surface area contributed by atoms with E-state index in [2.05, 4.69) is 15.3 Å². The maximum absolute atomic E-state index is 12.1. The van der Waals surface area contributed by atoms with Gasteiger partial charge in [-0.2, -0.15) is 0 Å². The minimum absolute atomic E-state index is 0.255. The van der Waals surface area contributed by atoms with Gasteiger partial charge in [0.15, 0.2) is 0 Å². The van der Waals surface area contributed by atoms with Crippen molar-refractivity contribution in [1.82, 2.24) is 10.3 Å². The lowest BCUT2D eigenvalue weighted by Gasteiger charge is -2.07. The van der Waals surface area contributed by atoms with Gasteiger partial charge in [0.05, 0.1) is 14.2 Å². The predicted molar refractivity (Wildman–Crippen MR) is 86.4 cm³/mol. The molecule has 6 nitrogen and oxygen atoms in total. The van der Waals surface area contributed by atoms with Crippen LogP contribution in [0.4, 0.5) is 0 Å². The van der Waals surface area contributed by atoms with Gasteiger partial charge < -0.3 is 14.8 Å². The first-order valence-corrected chi connectivity index (χ1v) is 6.95. The summed E-state index contributed by atoms with van der Waals surface area (Å²) in [6.45, 7) is 0. The number of ether oxygens (including phenoxy) is 2. The number of pyridine rings is 1. The minimum atomic E-state index is -0.255. The number of hydrogen-bond acceptors (Lipinski definition) is 5. The van der Waals surface area contributed by atoms with Crippen LogP contribution in [0.1, 0.15) is 11.1 Å². The number of rotatable bonds is 4. The zero-order valence-electron chi connectivity index (χ0n) is 12.7. The van der Waals surface area contributed by atoms with Crippen molar-refractivity contribution in [2.75, 3.05) is 14.2 Å². The van der Waals surface area contributed by atoms with E-state index < -0.39 is 0 Å². The smallest absolute Gasteiger partial charge is 0.275 e. The van der Waals surface area contributed by atoms with E-state index in [0.717, 1.165) is 11.1 Å². The molecule has 0 unspecified atom stereocenters. The third kappa shape index (κ3) is 3.06. The Bertz CT molecular complexity index is 798. The van der Waals surface area contributed by atoms with Crippen molar-refractivity contribution in [1.29, 1.82) is 0 Å². The normalized spacial score (nSPS) is 15.3. The summed E-state index contributed by atoms with van der Waals surface area (Å²) in [7, 11) is 3.15. The molecular weight excluding hydrogens is 294 g/mol. The Kier molecular flexibility index (Phi) is 4.05. The second-order valence-corrected chi connectivity index (χ2v) is 4.79. The largest absolute Gasteiger partial charge is 0.497 e. The number of aliphatic imine (C=N–C) groups is 1. The fourth-order valence-corrected chi connectivity index (χ4v) is 2.20. The summed E-state index contributed by atoms with van der Waals surface area (Å²) < 4.78 is 10.5. The van der Waals surface area contributed by atoms with Gasteiger partial charge in [0, 0.05) is 29.6 Å². The number of methoxy groups -OCH3 is 2. The van der Waals surface area contributed by atoms with Crippen molar-refractivity contribution in [2.24, 2.45) is 4.99 Å². The predicted octanol–water partition coefficient (Wildman–Crippen LogP) is 2.02. The molecule has 0 radical (unpaired) electrons. The molecule has 1 amide bonds. The Morgan fingerprint density at radius 1 is 1.09 bits per heavy atom. The highest BCUT2D eigenvalue weighted by Gasteiger charge is 2.21. The maximum Gasteiger partial charge on any atom is 0.275 e. The van der Waals surface area contributed by atoms with E-state index in [-0.39, 0.29) is 5.91 Å². The van der Waals surface area contributed by atoms with E-state index >= 15 is 0 Å². The van der Waals surface area contributed by atoms with Crippen molar-refractivity contribution in [2.45, 2.75) is 0 Å². The molecule has 0 bridgehead atoms. The van der Waals surface area contributed by atoms with Crippen molar-refractivity contribution in [3.8, 4) is 11.5 Å². The standard InChI is InChI=1S/C17H15N3O3/c1-22-13-4-3-12(15(10-13)23-2)9-14-17(21)20-16(19-14)11-5-7-18-8-6-11/h3-10H,1-2H3,(H,19,20,21)/b14-9+. The molecule has 3 rings (SSSR count). The molecule has 6 heteroatoms. The number of carbonyl (C=O) groups is 1. The second kappa shape index (κ2) is 6.31. The minimum Gasteiger partial charge on any atom is -0.497 e. The topological polar surface area (TPSA) is 72.8 Å². The van der Waals surface area contributed by atoms with Crippen LogP contribution in [0.5, 0.6) is 11.5 Å². The quantitative estimate of drug-likeness (QED) is 0.877. The summed E-state index contributed by atoms with van der Waals surface area (Å²) in [4.78, 5) is 20.4. The van der Waals surface area contributed by atoms with Gasteiger partial charge in [-0.15, -0.1) is 0 Å². The van der Waals surface area contributed by atoms with Gasteiger partial charge in [0.1, 0.15) is 23.0 Å². The number of aromatic nitrogens is 1. The van der Waals surface area contributed by atoms with Gasteiger partial charge >= 0.3 is 0 Å². The van der Waals surface area contributed by atoms with E-state index in [1.807, 2.05) is 6.07 Å². The average Bonchev–Trinajstić information content (AvgIpc) is 2.97. The Morgan fingerprint density at radius 3 is 2.57 bits per heavy atom. The molecule has 116 valence electrons. The lowest BCUT2D eigenvalue weighted by Crippen LogP contribution is -2.24. The van der Waals surface area contributed by atoms with Crippen molar-refractivity contribution in [3.05, 3.63) is 59.5 Å². The molecule has 1 aromatic heterocycles. The van der Waals surface area contributed by atoms with E-state index in [1.165, 1.54) is 0 Å². The molecule has 0 fully saturated rings. The van der Waals surface area contributed by atoms with E-state index in [1.54, 1.807) is 57.0 Å². The van der Waals surface area contributed by atoms with Gasteiger partial charge in [-0.1, -0.05) is 0 Å². The number of nitrogens with one attached hydrogen (secondary N) is 1. The first kappa shape index (κ1) is 14.8. The number of carbonyl (C=O) groups excluding carboxylic acids is 1. The van der Waals surface area contributed by atoms with Crippen LogP contribution >= 0.6 is 0 Å². The van der Waals surface area contributed by atoms with Crippen LogP contribution < -0.4 is 14.8 Å². The fourth-order valence-electron chi connectivity index (χ4n) is 2.20. The summed E-state index contributed by atoms with van der Waals surface area (Å²) in [6, 6.07) is 8.95. The molecule has 0 aliphatic carbocycles. The number of amides is 1. The molecule has 0 spiro atoms. The molecule has 1 aliphatic rings. The van der Waals surface area contributed by atoms with Crippen LogP contribution in [-0.2, 0) is 4.79 Å². The van der Waals surface area contributed by atoms with Crippen molar-refractivity contribution in [3.63, 3.8) is 0 Å². The summed E-state index contributed by atoms with van der Waals surface area (Å²) in [6.07, 6.45) is 4.98. The number of benzene rings is 1. The Morgan fingerprint density at radius 2 is 1.87 bits per heavy atom. The van der Waals surface area contributed by atoms with Gasteiger partial charge in [0.25, 0.3) is 5.91 Å². The Balaban J connectivity index is 1.96. The van der Waals surface area contributed by atoms with Crippen molar-refractivity contribution >= 4 is 17.8 Å². The highest BCUT2D eigenvalue weighted by molar-refractivity contribution is 6.19. The van der Waals surface area contributed by atoms with Crippen LogP contribution in [0, 0.1) is 0 Å². The highest BCUT2D eigenvalue weighted by Crippen LogP contribution is 2.27. The summed E-state index contributed by atoms with van der Waals surface area (Å²) >= 11 is 0. The first-order valence-electron chi connectivity index (χ1n) is 6.95. The monoisotopic (exact) mass is 309 g/mol. The summed E-state index contributed by atoms with van der Waals surface area (Å²) in [5, 5.41) is 2.75. The number of amidine groups is 1. The Labute approximate surface area is 133 Å².